The number of aromatic nitrogens is 3. The summed E-state index contributed by atoms with van der Waals surface area (Å²) in [6, 6.07) is 16.7. The Bertz CT molecular complexity index is 1040. The zero-order chi connectivity index (χ0) is 21.3. The summed E-state index contributed by atoms with van der Waals surface area (Å²) in [5, 5.41) is 21.3. The highest BCUT2D eigenvalue weighted by atomic mass is 32.2. The molecule has 0 radical (unpaired) electrons. The Balaban J connectivity index is 1.74. The van der Waals surface area contributed by atoms with Crippen molar-refractivity contribution in [1.82, 2.24) is 14.8 Å². The summed E-state index contributed by atoms with van der Waals surface area (Å²) in [7, 11) is 1.63. The van der Waals surface area contributed by atoms with E-state index >= 15 is 0 Å². The molecule has 0 aliphatic heterocycles. The van der Waals surface area contributed by atoms with Crippen molar-refractivity contribution in [3.05, 3.63) is 54.1 Å². The molecule has 1 amide bonds. The molecule has 7 nitrogen and oxygen atoms in total. The van der Waals surface area contributed by atoms with Crippen molar-refractivity contribution in [2.75, 3.05) is 18.2 Å². The highest BCUT2D eigenvalue weighted by molar-refractivity contribution is 7.99. The molecule has 0 bridgehead atoms. The predicted molar refractivity (Wildman–Crippen MR) is 117 cm³/mol. The molecule has 0 unspecified atom stereocenters. The average Bonchev–Trinajstić information content (AvgIpc) is 3.19. The maximum Gasteiger partial charge on any atom is 0.234 e. The van der Waals surface area contributed by atoms with Gasteiger partial charge in [0.2, 0.25) is 5.91 Å². The summed E-state index contributed by atoms with van der Waals surface area (Å²) in [4.78, 5) is 12.4. The second kappa shape index (κ2) is 10.5. The first-order valence-corrected chi connectivity index (χ1v) is 10.6. The number of thioether (sulfide) groups is 1. The SMILES string of the molecule is CCCCn1c(SCC(=O)Nc2ccccc2C#N)nnc1-c1ccc(OC)cc1. The van der Waals surface area contributed by atoms with Crippen molar-refractivity contribution in [1.29, 1.82) is 5.26 Å². The van der Waals surface area contributed by atoms with Crippen molar-refractivity contribution in [3.63, 3.8) is 0 Å². The number of methoxy groups -OCH3 is 1. The molecule has 3 aromatic rings. The number of benzene rings is 2. The van der Waals surface area contributed by atoms with E-state index in [0.29, 0.717) is 16.4 Å². The number of rotatable bonds is 9. The van der Waals surface area contributed by atoms with E-state index in [0.717, 1.165) is 36.5 Å². The fraction of sp³-hybridized carbons (Fsp3) is 0.273. The van der Waals surface area contributed by atoms with Gasteiger partial charge in [-0.05, 0) is 42.8 Å². The molecule has 154 valence electrons. The van der Waals surface area contributed by atoms with Gasteiger partial charge in [0.05, 0.1) is 24.1 Å². The number of nitrogens with one attached hydrogen (secondary N) is 1. The molecule has 0 spiro atoms. The standard InChI is InChI=1S/C22H23N5O2S/c1-3-4-13-27-21(16-9-11-18(29-2)12-10-16)25-26-22(27)30-15-20(28)24-19-8-6-5-7-17(19)14-23/h5-12H,3-4,13,15H2,1-2H3,(H,24,28). The lowest BCUT2D eigenvalue weighted by molar-refractivity contribution is -0.113. The molecule has 0 aliphatic carbocycles. The molecule has 0 atom stereocenters. The van der Waals surface area contributed by atoms with Gasteiger partial charge < -0.3 is 14.6 Å². The second-order valence-corrected chi connectivity index (χ2v) is 7.48. The lowest BCUT2D eigenvalue weighted by atomic mass is 10.2. The fourth-order valence-electron chi connectivity index (χ4n) is 2.87. The van der Waals surface area contributed by atoms with Gasteiger partial charge in [-0.15, -0.1) is 10.2 Å². The van der Waals surface area contributed by atoms with Crippen molar-refractivity contribution in [3.8, 4) is 23.2 Å². The first-order chi connectivity index (χ1) is 14.7. The van der Waals surface area contributed by atoms with Gasteiger partial charge in [-0.3, -0.25) is 4.79 Å². The van der Waals surface area contributed by atoms with Gasteiger partial charge >= 0.3 is 0 Å². The second-order valence-electron chi connectivity index (χ2n) is 6.53. The summed E-state index contributed by atoms with van der Waals surface area (Å²) >= 11 is 1.33. The average molecular weight is 422 g/mol. The summed E-state index contributed by atoms with van der Waals surface area (Å²) in [6.45, 7) is 2.90. The Labute approximate surface area is 180 Å². The summed E-state index contributed by atoms with van der Waals surface area (Å²) in [5.41, 5.74) is 1.89. The Morgan fingerprint density at radius 3 is 2.67 bits per heavy atom. The molecule has 1 N–H and O–H groups in total. The third kappa shape index (κ3) is 5.19. The van der Waals surface area contributed by atoms with E-state index in [-0.39, 0.29) is 11.7 Å². The molecule has 8 heteroatoms. The van der Waals surface area contributed by atoms with Gasteiger partial charge in [0.1, 0.15) is 11.8 Å². The molecular formula is C22H23N5O2S. The van der Waals surface area contributed by atoms with Gasteiger partial charge in [-0.2, -0.15) is 5.26 Å². The van der Waals surface area contributed by atoms with Crippen LogP contribution in [0.4, 0.5) is 5.69 Å². The maximum atomic E-state index is 12.4. The molecule has 30 heavy (non-hydrogen) atoms. The number of hydrogen-bond donors (Lipinski definition) is 1. The molecule has 1 aromatic heterocycles. The Morgan fingerprint density at radius 2 is 1.97 bits per heavy atom. The molecule has 0 aliphatic rings. The van der Waals surface area contributed by atoms with E-state index in [1.807, 2.05) is 28.8 Å². The Morgan fingerprint density at radius 1 is 1.20 bits per heavy atom. The quantitative estimate of drug-likeness (QED) is 0.516. The van der Waals surface area contributed by atoms with Crippen LogP contribution in [-0.4, -0.2) is 33.5 Å². The van der Waals surface area contributed by atoms with Crippen LogP contribution in [0.3, 0.4) is 0 Å². The van der Waals surface area contributed by atoms with Crippen LogP contribution in [0.2, 0.25) is 0 Å². The zero-order valence-corrected chi connectivity index (χ0v) is 17.8. The predicted octanol–water partition coefficient (Wildman–Crippen LogP) is 4.36. The molecular weight excluding hydrogens is 398 g/mol. The third-order valence-corrected chi connectivity index (χ3v) is 5.42. The number of anilines is 1. The number of nitriles is 1. The van der Waals surface area contributed by atoms with E-state index in [9.17, 15) is 4.79 Å². The number of para-hydroxylation sites is 1. The first-order valence-electron chi connectivity index (χ1n) is 9.65. The van der Waals surface area contributed by atoms with Gasteiger partial charge in [0.15, 0.2) is 11.0 Å². The molecule has 3 rings (SSSR count). The number of carbonyl (C=O) groups excluding carboxylic acids is 1. The lowest BCUT2D eigenvalue weighted by Gasteiger charge is -2.10. The van der Waals surface area contributed by atoms with Crippen molar-refractivity contribution in [2.24, 2.45) is 0 Å². The third-order valence-electron chi connectivity index (χ3n) is 4.45. The highest BCUT2D eigenvalue weighted by Gasteiger charge is 2.16. The number of hydrogen-bond acceptors (Lipinski definition) is 6. The largest absolute Gasteiger partial charge is 0.497 e. The van der Waals surface area contributed by atoms with Crippen LogP contribution in [0.25, 0.3) is 11.4 Å². The molecule has 2 aromatic carbocycles. The lowest BCUT2D eigenvalue weighted by Crippen LogP contribution is -2.15. The molecule has 0 fully saturated rings. The Kier molecular flexibility index (Phi) is 7.46. The monoisotopic (exact) mass is 421 g/mol. The summed E-state index contributed by atoms with van der Waals surface area (Å²) in [6.07, 6.45) is 2.02. The van der Waals surface area contributed by atoms with Crippen molar-refractivity contribution >= 4 is 23.4 Å². The number of ether oxygens (including phenoxy) is 1. The van der Waals surface area contributed by atoms with Gasteiger partial charge in [-0.1, -0.05) is 37.2 Å². The molecule has 1 heterocycles. The van der Waals surface area contributed by atoms with Crippen LogP contribution in [0.1, 0.15) is 25.3 Å². The van der Waals surface area contributed by atoms with Crippen molar-refractivity contribution < 1.29 is 9.53 Å². The summed E-state index contributed by atoms with van der Waals surface area (Å²) in [5.74, 6) is 1.52. The maximum absolute atomic E-state index is 12.4. The van der Waals surface area contributed by atoms with Crippen LogP contribution in [0.15, 0.2) is 53.7 Å². The van der Waals surface area contributed by atoms with E-state index in [1.54, 1.807) is 31.4 Å². The van der Waals surface area contributed by atoms with Crippen LogP contribution in [0, 0.1) is 11.3 Å². The van der Waals surface area contributed by atoms with Crippen LogP contribution < -0.4 is 10.1 Å². The minimum atomic E-state index is -0.196. The Hall–Kier alpha value is -3.31. The summed E-state index contributed by atoms with van der Waals surface area (Å²) < 4.78 is 7.27. The molecule has 0 saturated heterocycles. The van der Waals surface area contributed by atoms with E-state index in [1.165, 1.54) is 11.8 Å². The topological polar surface area (TPSA) is 92.8 Å². The highest BCUT2D eigenvalue weighted by Crippen LogP contribution is 2.26. The van der Waals surface area contributed by atoms with Crippen LogP contribution in [-0.2, 0) is 11.3 Å². The van der Waals surface area contributed by atoms with E-state index < -0.39 is 0 Å². The minimum absolute atomic E-state index is 0.173. The number of unbranched alkanes of at least 4 members (excludes halogenated alkanes) is 1. The smallest absolute Gasteiger partial charge is 0.234 e. The van der Waals surface area contributed by atoms with Crippen molar-refractivity contribution in [2.45, 2.75) is 31.5 Å². The van der Waals surface area contributed by atoms with E-state index in [2.05, 4.69) is 28.5 Å². The number of nitrogens with zero attached hydrogens (tertiary/aromatic N) is 4. The normalized spacial score (nSPS) is 10.4. The van der Waals surface area contributed by atoms with Crippen LogP contribution >= 0.6 is 11.8 Å². The van der Waals surface area contributed by atoms with E-state index in [4.69, 9.17) is 10.00 Å². The van der Waals surface area contributed by atoms with Gasteiger partial charge in [0.25, 0.3) is 0 Å². The number of amides is 1. The zero-order valence-electron chi connectivity index (χ0n) is 17.0. The van der Waals surface area contributed by atoms with Crippen LogP contribution in [0.5, 0.6) is 5.75 Å². The minimum Gasteiger partial charge on any atom is -0.497 e. The number of carbonyl (C=O) groups is 1. The van der Waals surface area contributed by atoms with Gasteiger partial charge in [-0.25, -0.2) is 0 Å². The molecule has 0 saturated carbocycles. The fourth-order valence-corrected chi connectivity index (χ4v) is 3.64. The van der Waals surface area contributed by atoms with Gasteiger partial charge in [0, 0.05) is 12.1 Å². The first kappa shape index (κ1) is 21.4.